The predicted molar refractivity (Wildman–Crippen MR) is 116 cm³/mol. The van der Waals surface area contributed by atoms with Gasteiger partial charge in [0, 0.05) is 11.8 Å². The molecule has 2 aromatic carbocycles. The van der Waals surface area contributed by atoms with Gasteiger partial charge in [0.05, 0.1) is 31.5 Å². The first-order valence-corrected chi connectivity index (χ1v) is 9.75. The second-order valence-electron chi connectivity index (χ2n) is 7.41. The van der Waals surface area contributed by atoms with E-state index >= 15 is 0 Å². The van der Waals surface area contributed by atoms with Gasteiger partial charge in [0.15, 0.2) is 0 Å². The summed E-state index contributed by atoms with van der Waals surface area (Å²) in [5.74, 6) is 1.16. The zero-order valence-corrected chi connectivity index (χ0v) is 17.8. The van der Waals surface area contributed by atoms with Crippen molar-refractivity contribution >= 4 is 17.6 Å². The Morgan fingerprint density at radius 3 is 2.37 bits per heavy atom. The highest BCUT2D eigenvalue weighted by atomic mass is 16.5. The number of allylic oxidation sites excluding steroid dienone is 1. The van der Waals surface area contributed by atoms with Crippen LogP contribution in [0.15, 0.2) is 53.7 Å². The summed E-state index contributed by atoms with van der Waals surface area (Å²) in [5.41, 5.74) is 3.47. The van der Waals surface area contributed by atoms with E-state index in [9.17, 15) is 9.59 Å². The number of hydrogen-bond acceptors (Lipinski definition) is 4. The monoisotopic (exact) mass is 409 g/mol. The van der Waals surface area contributed by atoms with Crippen molar-refractivity contribution in [2.45, 2.75) is 32.7 Å². The van der Waals surface area contributed by atoms with Gasteiger partial charge >= 0.3 is 6.03 Å². The maximum Gasteiger partial charge on any atom is 0.319 e. The molecule has 1 aliphatic heterocycles. The Kier molecular flexibility index (Phi) is 6.30. The van der Waals surface area contributed by atoms with Gasteiger partial charge in [-0.2, -0.15) is 0 Å². The minimum atomic E-state index is -0.566. The highest BCUT2D eigenvalue weighted by Gasteiger charge is 2.31. The van der Waals surface area contributed by atoms with Gasteiger partial charge in [-0.25, -0.2) is 4.79 Å². The molecule has 0 saturated carbocycles. The quantitative estimate of drug-likeness (QED) is 0.670. The van der Waals surface area contributed by atoms with Crippen molar-refractivity contribution in [2.24, 2.45) is 0 Å². The Labute approximate surface area is 176 Å². The van der Waals surface area contributed by atoms with Crippen LogP contribution in [-0.2, 0) is 4.79 Å². The van der Waals surface area contributed by atoms with Crippen LogP contribution in [0.4, 0.5) is 10.5 Å². The normalized spacial score (nSPS) is 16.1. The smallest absolute Gasteiger partial charge is 0.319 e. The Balaban J connectivity index is 1.93. The lowest BCUT2D eigenvalue weighted by molar-refractivity contribution is -0.113. The van der Waals surface area contributed by atoms with E-state index in [0.717, 1.165) is 5.56 Å². The van der Waals surface area contributed by atoms with Crippen molar-refractivity contribution in [2.75, 3.05) is 19.5 Å². The standard InChI is InChI=1S/C23H27N3O4/c1-13(2)15-6-8-16(9-7-15)21-20(14(3)24-23(28)26-21)22(27)25-18-11-10-17(29-4)12-19(18)30-5/h6-13,21H,1-5H3,(H,25,27)(H2,24,26,28). The van der Waals surface area contributed by atoms with Gasteiger partial charge in [-0.15, -0.1) is 0 Å². The molecular weight excluding hydrogens is 382 g/mol. The third-order valence-electron chi connectivity index (χ3n) is 5.11. The molecule has 1 unspecified atom stereocenters. The molecule has 0 radical (unpaired) electrons. The molecule has 1 aliphatic rings. The Bertz CT molecular complexity index is 980. The van der Waals surface area contributed by atoms with Crippen LogP contribution >= 0.6 is 0 Å². The molecule has 0 bridgehead atoms. The van der Waals surface area contributed by atoms with E-state index in [1.165, 1.54) is 12.7 Å². The molecular formula is C23H27N3O4. The second-order valence-corrected chi connectivity index (χ2v) is 7.41. The van der Waals surface area contributed by atoms with Crippen molar-refractivity contribution in [3.8, 4) is 11.5 Å². The van der Waals surface area contributed by atoms with E-state index in [0.29, 0.717) is 34.4 Å². The van der Waals surface area contributed by atoms with Gasteiger partial charge < -0.3 is 25.4 Å². The molecule has 3 rings (SSSR count). The molecule has 0 saturated heterocycles. The fourth-order valence-electron chi connectivity index (χ4n) is 3.41. The molecule has 1 heterocycles. The van der Waals surface area contributed by atoms with Gasteiger partial charge in [-0.3, -0.25) is 4.79 Å². The van der Waals surface area contributed by atoms with E-state index in [-0.39, 0.29) is 11.9 Å². The second kappa shape index (κ2) is 8.90. The zero-order valence-electron chi connectivity index (χ0n) is 17.8. The fraction of sp³-hybridized carbons (Fsp3) is 0.304. The summed E-state index contributed by atoms with van der Waals surface area (Å²) in [6.07, 6.45) is 0. The summed E-state index contributed by atoms with van der Waals surface area (Å²) >= 11 is 0. The van der Waals surface area contributed by atoms with Crippen LogP contribution in [0.1, 0.15) is 43.9 Å². The molecule has 7 heteroatoms. The van der Waals surface area contributed by atoms with Crippen LogP contribution in [0.25, 0.3) is 0 Å². The lowest BCUT2D eigenvalue weighted by atomic mass is 9.92. The van der Waals surface area contributed by atoms with Crippen LogP contribution in [0.2, 0.25) is 0 Å². The minimum Gasteiger partial charge on any atom is -0.497 e. The summed E-state index contributed by atoms with van der Waals surface area (Å²) in [6, 6.07) is 12.2. The van der Waals surface area contributed by atoms with E-state index in [4.69, 9.17) is 9.47 Å². The summed E-state index contributed by atoms with van der Waals surface area (Å²) in [7, 11) is 3.09. The van der Waals surface area contributed by atoms with Crippen molar-refractivity contribution < 1.29 is 19.1 Å². The van der Waals surface area contributed by atoms with E-state index in [2.05, 4.69) is 29.8 Å². The van der Waals surface area contributed by atoms with E-state index in [1.807, 2.05) is 24.3 Å². The van der Waals surface area contributed by atoms with Crippen LogP contribution in [0.3, 0.4) is 0 Å². The molecule has 7 nitrogen and oxygen atoms in total. The first kappa shape index (κ1) is 21.2. The van der Waals surface area contributed by atoms with E-state index in [1.54, 1.807) is 32.2 Å². The lowest BCUT2D eigenvalue weighted by Gasteiger charge is -2.29. The highest BCUT2D eigenvalue weighted by molar-refractivity contribution is 6.07. The predicted octanol–water partition coefficient (Wildman–Crippen LogP) is 4.09. The average molecular weight is 409 g/mol. The number of ether oxygens (including phenoxy) is 2. The molecule has 0 aliphatic carbocycles. The maximum absolute atomic E-state index is 13.2. The number of methoxy groups -OCH3 is 2. The van der Waals surface area contributed by atoms with Gasteiger partial charge in [0.1, 0.15) is 11.5 Å². The number of benzene rings is 2. The van der Waals surface area contributed by atoms with Crippen LogP contribution < -0.4 is 25.4 Å². The van der Waals surface area contributed by atoms with Crippen LogP contribution in [-0.4, -0.2) is 26.2 Å². The molecule has 3 amide bonds. The lowest BCUT2D eigenvalue weighted by Crippen LogP contribution is -2.46. The van der Waals surface area contributed by atoms with Gasteiger partial charge in [-0.1, -0.05) is 38.1 Å². The first-order chi connectivity index (χ1) is 14.3. The molecule has 3 N–H and O–H groups in total. The van der Waals surface area contributed by atoms with Crippen LogP contribution in [0.5, 0.6) is 11.5 Å². The topological polar surface area (TPSA) is 88.7 Å². The molecule has 30 heavy (non-hydrogen) atoms. The van der Waals surface area contributed by atoms with Crippen molar-refractivity contribution in [3.05, 3.63) is 64.9 Å². The number of urea groups is 1. The fourth-order valence-corrected chi connectivity index (χ4v) is 3.41. The van der Waals surface area contributed by atoms with E-state index < -0.39 is 6.04 Å². The third kappa shape index (κ3) is 4.40. The Hall–Kier alpha value is -3.48. The zero-order chi connectivity index (χ0) is 21.8. The number of hydrogen-bond donors (Lipinski definition) is 3. The average Bonchev–Trinajstić information content (AvgIpc) is 2.73. The van der Waals surface area contributed by atoms with Gasteiger partial charge in [-0.05, 0) is 36.1 Å². The maximum atomic E-state index is 13.2. The Morgan fingerprint density at radius 1 is 1.07 bits per heavy atom. The number of rotatable bonds is 6. The largest absolute Gasteiger partial charge is 0.497 e. The molecule has 2 aromatic rings. The molecule has 1 atom stereocenters. The third-order valence-corrected chi connectivity index (χ3v) is 5.11. The summed E-state index contributed by atoms with van der Waals surface area (Å²) < 4.78 is 10.6. The molecule has 0 spiro atoms. The summed E-state index contributed by atoms with van der Waals surface area (Å²) in [6.45, 7) is 5.95. The molecule has 0 aromatic heterocycles. The highest BCUT2D eigenvalue weighted by Crippen LogP contribution is 2.32. The number of anilines is 1. The van der Waals surface area contributed by atoms with Crippen molar-refractivity contribution in [1.82, 2.24) is 10.6 Å². The minimum absolute atomic E-state index is 0.332. The SMILES string of the molecule is COc1ccc(NC(=O)C2=C(C)NC(=O)NC2c2ccc(C(C)C)cc2)c(OC)c1. The van der Waals surface area contributed by atoms with Crippen molar-refractivity contribution in [3.63, 3.8) is 0 Å². The molecule has 158 valence electrons. The first-order valence-electron chi connectivity index (χ1n) is 9.75. The summed E-state index contributed by atoms with van der Waals surface area (Å²) in [5, 5.41) is 8.43. The number of nitrogens with one attached hydrogen (secondary N) is 3. The number of amides is 3. The number of carbonyl (C=O) groups excluding carboxylic acids is 2. The van der Waals surface area contributed by atoms with Gasteiger partial charge in [0.25, 0.3) is 5.91 Å². The number of carbonyl (C=O) groups is 2. The van der Waals surface area contributed by atoms with Crippen molar-refractivity contribution in [1.29, 1.82) is 0 Å². The summed E-state index contributed by atoms with van der Waals surface area (Å²) in [4.78, 5) is 25.3. The van der Waals surface area contributed by atoms with Crippen LogP contribution in [0, 0.1) is 0 Å². The Morgan fingerprint density at radius 2 is 1.77 bits per heavy atom. The van der Waals surface area contributed by atoms with Gasteiger partial charge in [0.2, 0.25) is 0 Å². The molecule has 0 fully saturated rings.